The fourth-order valence-electron chi connectivity index (χ4n) is 3.64. The van der Waals surface area contributed by atoms with E-state index < -0.39 is 23.8 Å². The van der Waals surface area contributed by atoms with E-state index in [1.54, 1.807) is 49.9 Å². The van der Waals surface area contributed by atoms with E-state index in [1.807, 2.05) is 6.92 Å². The molecule has 7 heteroatoms. The Labute approximate surface area is 168 Å². The van der Waals surface area contributed by atoms with Crippen LogP contribution in [-0.4, -0.2) is 35.5 Å². The molecular weight excluding hydrogens is 382 g/mol. The van der Waals surface area contributed by atoms with Crippen molar-refractivity contribution in [1.82, 2.24) is 4.90 Å². The number of ether oxygens (including phenoxy) is 2. The van der Waals surface area contributed by atoms with Crippen molar-refractivity contribution in [2.24, 2.45) is 0 Å². The molecular formula is C21H22ClNO5. The quantitative estimate of drug-likeness (QED) is 0.551. The van der Waals surface area contributed by atoms with E-state index in [-0.39, 0.29) is 17.4 Å². The van der Waals surface area contributed by atoms with Crippen LogP contribution in [0.25, 0.3) is 0 Å². The van der Waals surface area contributed by atoms with Crippen LogP contribution in [0.3, 0.4) is 0 Å². The Morgan fingerprint density at radius 2 is 1.93 bits per heavy atom. The minimum atomic E-state index is -0.831. The molecule has 148 valence electrons. The number of allylic oxidation sites excluding steroid dienone is 1. The van der Waals surface area contributed by atoms with Crippen molar-refractivity contribution >= 4 is 29.5 Å². The standard InChI is InChI=1S/C21H22ClNO5/c1-5-10-23-12(4)15(19(24)27-11(2)3)16(13-8-6-7-9-14(13)22)17-18(23)21(26)28-20(17)25/h6-9,11,16H,5,10H2,1-4H3. The molecule has 0 aliphatic carbocycles. The van der Waals surface area contributed by atoms with Crippen LogP contribution in [-0.2, 0) is 23.9 Å². The first-order chi connectivity index (χ1) is 13.3. The summed E-state index contributed by atoms with van der Waals surface area (Å²) in [5, 5.41) is 0.387. The highest BCUT2D eigenvalue weighted by Gasteiger charge is 2.49. The highest BCUT2D eigenvalue weighted by atomic mass is 35.5. The van der Waals surface area contributed by atoms with E-state index in [4.69, 9.17) is 21.1 Å². The van der Waals surface area contributed by atoms with Gasteiger partial charge in [-0.1, -0.05) is 36.7 Å². The van der Waals surface area contributed by atoms with E-state index in [0.717, 1.165) is 0 Å². The highest BCUT2D eigenvalue weighted by Crippen LogP contribution is 2.47. The molecule has 0 amide bonds. The molecule has 1 unspecified atom stereocenters. The molecule has 1 aromatic carbocycles. The second-order valence-corrected chi connectivity index (χ2v) is 7.41. The van der Waals surface area contributed by atoms with Gasteiger partial charge >= 0.3 is 17.9 Å². The molecule has 0 saturated carbocycles. The molecule has 1 atom stereocenters. The zero-order chi connectivity index (χ0) is 20.6. The summed E-state index contributed by atoms with van der Waals surface area (Å²) in [6.07, 6.45) is 0.366. The Balaban J connectivity index is 2.28. The fraction of sp³-hybridized carbons (Fsp3) is 0.381. The molecule has 3 rings (SSSR count). The molecule has 28 heavy (non-hydrogen) atoms. The second-order valence-electron chi connectivity index (χ2n) is 7.00. The normalized spacial score (nSPS) is 19.4. The van der Waals surface area contributed by atoms with Crippen molar-refractivity contribution in [3.8, 4) is 0 Å². The third kappa shape index (κ3) is 3.33. The van der Waals surface area contributed by atoms with E-state index >= 15 is 0 Å². The van der Waals surface area contributed by atoms with Gasteiger partial charge < -0.3 is 14.4 Å². The number of nitrogens with zero attached hydrogens (tertiary/aromatic N) is 1. The molecule has 0 aromatic heterocycles. The third-order valence-corrected chi connectivity index (χ3v) is 5.07. The van der Waals surface area contributed by atoms with Crippen LogP contribution in [0.2, 0.25) is 5.02 Å². The first-order valence-corrected chi connectivity index (χ1v) is 9.60. The number of carbonyl (C=O) groups excluding carboxylic acids is 3. The van der Waals surface area contributed by atoms with E-state index in [0.29, 0.717) is 34.8 Å². The monoisotopic (exact) mass is 403 g/mol. The van der Waals surface area contributed by atoms with Crippen LogP contribution in [0, 0.1) is 0 Å². The van der Waals surface area contributed by atoms with Gasteiger partial charge in [-0.3, -0.25) is 0 Å². The minimum Gasteiger partial charge on any atom is -0.460 e. The Morgan fingerprint density at radius 1 is 1.25 bits per heavy atom. The summed E-state index contributed by atoms with van der Waals surface area (Å²) in [6, 6.07) is 6.94. The number of esters is 3. The first-order valence-electron chi connectivity index (χ1n) is 9.22. The van der Waals surface area contributed by atoms with Crippen molar-refractivity contribution in [3.63, 3.8) is 0 Å². The van der Waals surface area contributed by atoms with Crippen LogP contribution < -0.4 is 0 Å². The second kappa shape index (κ2) is 7.80. The maximum absolute atomic E-state index is 13.0. The highest BCUT2D eigenvalue weighted by molar-refractivity contribution is 6.31. The van der Waals surface area contributed by atoms with Gasteiger partial charge in [-0.2, -0.15) is 0 Å². The van der Waals surface area contributed by atoms with E-state index in [1.165, 1.54) is 0 Å². The average Bonchev–Trinajstić information content (AvgIpc) is 2.91. The number of carbonyl (C=O) groups is 3. The number of benzene rings is 1. The lowest BCUT2D eigenvalue weighted by atomic mass is 9.80. The van der Waals surface area contributed by atoms with E-state index in [9.17, 15) is 14.4 Å². The molecule has 6 nitrogen and oxygen atoms in total. The van der Waals surface area contributed by atoms with Crippen molar-refractivity contribution in [2.75, 3.05) is 6.54 Å². The maximum Gasteiger partial charge on any atom is 0.363 e. The van der Waals surface area contributed by atoms with Crippen molar-refractivity contribution in [2.45, 2.75) is 46.1 Å². The number of rotatable bonds is 5. The molecule has 2 aliphatic rings. The summed E-state index contributed by atoms with van der Waals surface area (Å²) in [5.74, 6) is -2.84. The molecule has 2 heterocycles. The van der Waals surface area contributed by atoms with Gasteiger partial charge in [0.2, 0.25) is 0 Å². The summed E-state index contributed by atoms with van der Waals surface area (Å²) in [6.45, 7) is 7.66. The first kappa shape index (κ1) is 20.1. The molecule has 1 aromatic rings. The summed E-state index contributed by atoms with van der Waals surface area (Å²) in [7, 11) is 0. The van der Waals surface area contributed by atoms with Crippen molar-refractivity contribution in [1.29, 1.82) is 0 Å². The van der Waals surface area contributed by atoms with Crippen LogP contribution in [0.4, 0.5) is 0 Å². The van der Waals surface area contributed by atoms with Crippen LogP contribution in [0.15, 0.2) is 46.8 Å². The topological polar surface area (TPSA) is 72.9 Å². The SMILES string of the molecule is CCCN1C(C)=C(C(=O)OC(C)C)C(c2ccccc2Cl)C2=C1C(=O)OC2=O. The Bertz CT molecular complexity index is 915. The fourth-order valence-corrected chi connectivity index (χ4v) is 3.88. The lowest BCUT2D eigenvalue weighted by Crippen LogP contribution is -2.35. The lowest BCUT2D eigenvalue weighted by Gasteiger charge is -2.35. The van der Waals surface area contributed by atoms with Gasteiger partial charge in [0.05, 0.1) is 23.2 Å². The molecule has 2 aliphatic heterocycles. The zero-order valence-electron chi connectivity index (χ0n) is 16.2. The Hall–Kier alpha value is -2.60. The number of cyclic esters (lactones) is 2. The minimum absolute atomic E-state index is 0.132. The predicted molar refractivity (Wildman–Crippen MR) is 103 cm³/mol. The van der Waals surface area contributed by atoms with Gasteiger partial charge in [-0.25, -0.2) is 14.4 Å². The van der Waals surface area contributed by atoms with Crippen molar-refractivity contribution in [3.05, 3.63) is 57.4 Å². The third-order valence-electron chi connectivity index (χ3n) is 4.72. The molecule has 0 radical (unpaired) electrons. The van der Waals surface area contributed by atoms with Crippen LogP contribution in [0.1, 0.15) is 45.6 Å². The number of hydrogen-bond acceptors (Lipinski definition) is 6. The average molecular weight is 404 g/mol. The maximum atomic E-state index is 13.0. The summed E-state index contributed by atoms with van der Waals surface area (Å²) in [4.78, 5) is 39.8. The van der Waals surface area contributed by atoms with Gasteiger partial charge in [-0.15, -0.1) is 0 Å². The smallest absolute Gasteiger partial charge is 0.363 e. The number of hydrogen-bond donors (Lipinski definition) is 0. The summed E-state index contributed by atoms with van der Waals surface area (Å²) >= 11 is 6.41. The van der Waals surface area contributed by atoms with Gasteiger partial charge in [0.1, 0.15) is 5.70 Å². The predicted octanol–water partition coefficient (Wildman–Crippen LogP) is 3.71. The van der Waals surface area contributed by atoms with Gasteiger partial charge in [0.15, 0.2) is 0 Å². The molecule has 0 spiro atoms. The molecule has 0 saturated heterocycles. The molecule has 0 bridgehead atoms. The molecule has 0 fully saturated rings. The van der Waals surface area contributed by atoms with Gasteiger partial charge in [-0.05, 0) is 38.8 Å². The van der Waals surface area contributed by atoms with Gasteiger partial charge in [0, 0.05) is 17.3 Å². The van der Waals surface area contributed by atoms with Crippen LogP contribution >= 0.6 is 11.6 Å². The Morgan fingerprint density at radius 3 is 2.54 bits per heavy atom. The largest absolute Gasteiger partial charge is 0.460 e. The van der Waals surface area contributed by atoms with Gasteiger partial charge in [0.25, 0.3) is 0 Å². The number of halogens is 1. The summed E-state index contributed by atoms with van der Waals surface area (Å²) < 4.78 is 10.4. The zero-order valence-corrected chi connectivity index (χ0v) is 17.0. The van der Waals surface area contributed by atoms with E-state index in [2.05, 4.69) is 0 Å². The van der Waals surface area contributed by atoms with Crippen molar-refractivity contribution < 1.29 is 23.9 Å². The summed E-state index contributed by atoms with van der Waals surface area (Å²) in [5.41, 5.74) is 1.71. The van der Waals surface area contributed by atoms with Crippen LogP contribution in [0.5, 0.6) is 0 Å². The lowest BCUT2D eigenvalue weighted by molar-refractivity contribution is -0.151. The Kier molecular flexibility index (Phi) is 5.61. The molecule has 0 N–H and O–H groups in total.